The maximum absolute atomic E-state index is 12.3. The highest BCUT2D eigenvalue weighted by Gasteiger charge is 2.38. The van der Waals surface area contributed by atoms with E-state index in [1.54, 1.807) is 11.8 Å². The second-order valence-corrected chi connectivity index (χ2v) is 5.85. The van der Waals surface area contributed by atoms with Crippen molar-refractivity contribution in [3.63, 3.8) is 0 Å². The first kappa shape index (κ1) is 16.0. The van der Waals surface area contributed by atoms with E-state index >= 15 is 0 Å². The van der Waals surface area contributed by atoms with Gasteiger partial charge in [-0.2, -0.15) is 0 Å². The Morgan fingerprint density at radius 1 is 1.16 bits per heavy atom. The Kier molecular flexibility index (Phi) is 5.79. The smallest absolute Gasteiger partial charge is 0.326 e. The molecule has 0 aromatic rings. The zero-order valence-electron chi connectivity index (χ0n) is 12.1. The molecule has 1 amide bonds. The average Bonchev–Trinajstić information content (AvgIpc) is 2.34. The van der Waals surface area contributed by atoms with Crippen molar-refractivity contribution in [2.45, 2.75) is 71.0 Å². The van der Waals surface area contributed by atoms with Crippen LogP contribution in [0.25, 0.3) is 0 Å². The van der Waals surface area contributed by atoms with Gasteiger partial charge in [0.05, 0.1) is 6.04 Å². The summed E-state index contributed by atoms with van der Waals surface area (Å²) >= 11 is 0. The summed E-state index contributed by atoms with van der Waals surface area (Å²) in [6.07, 6.45) is 5.04. The molecule has 1 rings (SSSR count). The third kappa shape index (κ3) is 3.93. The second kappa shape index (κ2) is 6.89. The number of amides is 1. The largest absolute Gasteiger partial charge is 0.480 e. The Balaban J connectivity index is 3.01. The number of aliphatic carboxylic acids is 1. The number of hydrogen-bond acceptors (Lipinski definition) is 3. The standard InChI is InChI=1S/C14H26N2O3/c1-9(2)12(14(18)19)16(13(17)10(3)15)11-7-5-4-6-8-11/h9-12H,4-8,15H2,1-3H3,(H,18,19)/t10-,12-/m0/s1. The van der Waals surface area contributed by atoms with E-state index in [9.17, 15) is 14.7 Å². The number of hydrogen-bond donors (Lipinski definition) is 2. The maximum Gasteiger partial charge on any atom is 0.326 e. The maximum atomic E-state index is 12.3. The van der Waals surface area contributed by atoms with Crippen molar-refractivity contribution in [2.24, 2.45) is 11.7 Å². The van der Waals surface area contributed by atoms with Crippen molar-refractivity contribution in [1.82, 2.24) is 4.90 Å². The van der Waals surface area contributed by atoms with Gasteiger partial charge in [0.25, 0.3) is 0 Å². The van der Waals surface area contributed by atoms with Gasteiger partial charge in [0.2, 0.25) is 5.91 Å². The van der Waals surface area contributed by atoms with E-state index in [0.717, 1.165) is 32.1 Å². The van der Waals surface area contributed by atoms with E-state index in [0.29, 0.717) is 0 Å². The molecule has 0 unspecified atom stereocenters. The zero-order chi connectivity index (χ0) is 14.6. The Hall–Kier alpha value is -1.10. The van der Waals surface area contributed by atoms with Crippen LogP contribution in [0.5, 0.6) is 0 Å². The number of nitrogens with zero attached hydrogens (tertiary/aromatic N) is 1. The normalized spacial score (nSPS) is 20.1. The van der Waals surface area contributed by atoms with Crippen LogP contribution in [-0.4, -0.2) is 40.0 Å². The molecule has 19 heavy (non-hydrogen) atoms. The minimum Gasteiger partial charge on any atom is -0.480 e. The SMILES string of the molecule is CC(C)[C@@H](C(=O)O)N(C(=O)[C@H](C)N)C1CCCCC1. The van der Waals surface area contributed by atoms with Gasteiger partial charge in [-0.25, -0.2) is 4.79 Å². The van der Waals surface area contributed by atoms with Crippen LogP contribution in [-0.2, 0) is 9.59 Å². The molecule has 5 nitrogen and oxygen atoms in total. The van der Waals surface area contributed by atoms with Gasteiger partial charge in [-0.15, -0.1) is 0 Å². The van der Waals surface area contributed by atoms with Crippen LogP contribution in [0.2, 0.25) is 0 Å². The zero-order valence-corrected chi connectivity index (χ0v) is 12.1. The Morgan fingerprint density at radius 2 is 1.68 bits per heavy atom. The topological polar surface area (TPSA) is 83.6 Å². The van der Waals surface area contributed by atoms with Gasteiger partial charge in [-0.1, -0.05) is 33.1 Å². The van der Waals surface area contributed by atoms with Gasteiger partial charge < -0.3 is 15.7 Å². The first-order valence-electron chi connectivity index (χ1n) is 7.16. The number of nitrogens with two attached hydrogens (primary N) is 1. The van der Waals surface area contributed by atoms with Gasteiger partial charge in [0.15, 0.2) is 0 Å². The summed E-state index contributed by atoms with van der Waals surface area (Å²) in [5.74, 6) is -1.30. The van der Waals surface area contributed by atoms with Crippen LogP contribution >= 0.6 is 0 Å². The molecule has 1 aliphatic carbocycles. The summed E-state index contributed by atoms with van der Waals surface area (Å²) in [6, 6.07) is -1.40. The quantitative estimate of drug-likeness (QED) is 0.795. The predicted molar refractivity (Wildman–Crippen MR) is 73.6 cm³/mol. The van der Waals surface area contributed by atoms with Gasteiger partial charge in [-0.05, 0) is 25.7 Å². The molecule has 0 heterocycles. The summed E-state index contributed by atoms with van der Waals surface area (Å²) in [7, 11) is 0. The summed E-state index contributed by atoms with van der Waals surface area (Å²) in [5.41, 5.74) is 5.70. The van der Waals surface area contributed by atoms with Crippen molar-refractivity contribution >= 4 is 11.9 Å². The van der Waals surface area contributed by atoms with Crippen LogP contribution in [0.15, 0.2) is 0 Å². The molecule has 0 radical (unpaired) electrons. The molecule has 0 saturated heterocycles. The minimum absolute atomic E-state index is 0.0238. The molecule has 110 valence electrons. The number of rotatable bonds is 5. The van der Waals surface area contributed by atoms with Crippen LogP contribution in [0, 0.1) is 5.92 Å². The highest BCUT2D eigenvalue weighted by molar-refractivity contribution is 5.87. The van der Waals surface area contributed by atoms with Crippen molar-refractivity contribution in [3.8, 4) is 0 Å². The van der Waals surface area contributed by atoms with Crippen molar-refractivity contribution in [1.29, 1.82) is 0 Å². The summed E-state index contributed by atoms with van der Waals surface area (Å²) in [4.78, 5) is 25.4. The molecular weight excluding hydrogens is 244 g/mol. The van der Waals surface area contributed by atoms with E-state index in [1.165, 1.54) is 0 Å². The van der Waals surface area contributed by atoms with Crippen LogP contribution in [0.4, 0.5) is 0 Å². The van der Waals surface area contributed by atoms with E-state index in [1.807, 2.05) is 13.8 Å². The lowest BCUT2D eigenvalue weighted by molar-refractivity contribution is -0.155. The highest BCUT2D eigenvalue weighted by atomic mass is 16.4. The lowest BCUT2D eigenvalue weighted by Gasteiger charge is -2.40. The molecular formula is C14H26N2O3. The third-order valence-electron chi connectivity index (χ3n) is 3.80. The van der Waals surface area contributed by atoms with E-state index in [2.05, 4.69) is 0 Å². The fourth-order valence-corrected chi connectivity index (χ4v) is 2.86. The average molecular weight is 270 g/mol. The second-order valence-electron chi connectivity index (χ2n) is 5.85. The number of carbonyl (C=O) groups is 2. The van der Waals surface area contributed by atoms with Crippen LogP contribution in [0.1, 0.15) is 52.9 Å². The Bertz CT molecular complexity index is 323. The molecule has 5 heteroatoms. The molecule has 0 aliphatic heterocycles. The van der Waals surface area contributed by atoms with E-state index < -0.39 is 18.1 Å². The number of carboxylic acids is 1. The van der Waals surface area contributed by atoms with E-state index in [4.69, 9.17) is 5.73 Å². The first-order valence-corrected chi connectivity index (χ1v) is 7.16. The van der Waals surface area contributed by atoms with E-state index in [-0.39, 0.29) is 17.9 Å². The summed E-state index contributed by atoms with van der Waals surface area (Å²) in [6.45, 7) is 5.30. The molecule has 0 aromatic carbocycles. The Morgan fingerprint density at radius 3 is 2.05 bits per heavy atom. The van der Waals surface area contributed by atoms with Crippen molar-refractivity contribution in [2.75, 3.05) is 0 Å². The Labute approximate surface area is 115 Å². The summed E-state index contributed by atoms with van der Waals surface area (Å²) < 4.78 is 0. The van der Waals surface area contributed by atoms with Gasteiger partial charge in [0, 0.05) is 6.04 Å². The van der Waals surface area contributed by atoms with Gasteiger partial charge >= 0.3 is 5.97 Å². The fourth-order valence-electron chi connectivity index (χ4n) is 2.86. The minimum atomic E-state index is -0.936. The summed E-state index contributed by atoms with van der Waals surface area (Å²) in [5, 5.41) is 9.44. The van der Waals surface area contributed by atoms with Crippen molar-refractivity contribution < 1.29 is 14.7 Å². The third-order valence-corrected chi connectivity index (χ3v) is 3.80. The number of carboxylic acid groups (broad SMARTS) is 1. The molecule has 2 atom stereocenters. The van der Waals surface area contributed by atoms with Crippen molar-refractivity contribution in [3.05, 3.63) is 0 Å². The van der Waals surface area contributed by atoms with Gasteiger partial charge in [0.1, 0.15) is 6.04 Å². The monoisotopic (exact) mass is 270 g/mol. The lowest BCUT2D eigenvalue weighted by Crippen LogP contribution is -2.57. The fraction of sp³-hybridized carbons (Fsp3) is 0.857. The molecule has 0 aromatic heterocycles. The molecule has 1 saturated carbocycles. The number of carbonyl (C=O) groups excluding carboxylic acids is 1. The first-order chi connectivity index (χ1) is 8.86. The predicted octanol–water partition coefficient (Wildman–Crippen LogP) is 1.60. The van der Waals surface area contributed by atoms with Gasteiger partial charge in [-0.3, -0.25) is 4.79 Å². The van der Waals surface area contributed by atoms with Crippen LogP contribution in [0.3, 0.4) is 0 Å². The molecule has 1 fully saturated rings. The molecule has 0 bridgehead atoms. The molecule has 3 N–H and O–H groups in total. The molecule has 1 aliphatic rings. The lowest BCUT2D eigenvalue weighted by atomic mass is 9.90. The molecule has 0 spiro atoms. The highest BCUT2D eigenvalue weighted by Crippen LogP contribution is 2.27. The van der Waals surface area contributed by atoms with Crippen LogP contribution < -0.4 is 5.73 Å².